The molecule has 1 aliphatic heterocycles. The minimum atomic E-state index is -3.13. The minimum absolute atomic E-state index is 0.0122. The standard InChI is InChI=1S/C14H23N3O3S/c1-2-21(19,20)16-12-6-9-17(10-7-12)11-14(18)13-5-3-4-8-15-13/h3-5,8,12,14,16,18H,2,6-7,9-11H2,1H3. The van der Waals surface area contributed by atoms with E-state index in [4.69, 9.17) is 0 Å². The van der Waals surface area contributed by atoms with E-state index in [0.29, 0.717) is 12.2 Å². The van der Waals surface area contributed by atoms with Crippen LogP contribution in [0, 0.1) is 0 Å². The maximum Gasteiger partial charge on any atom is 0.211 e. The molecule has 1 aromatic rings. The number of β-amino-alcohol motifs (C(OH)–C–C–N with tert-alkyl or cyclic N) is 1. The molecule has 0 bridgehead atoms. The Morgan fingerprint density at radius 3 is 2.71 bits per heavy atom. The number of sulfonamides is 1. The molecule has 0 radical (unpaired) electrons. The first-order valence-electron chi connectivity index (χ1n) is 7.31. The second kappa shape index (κ2) is 7.31. The number of rotatable bonds is 6. The fourth-order valence-electron chi connectivity index (χ4n) is 2.48. The van der Waals surface area contributed by atoms with Gasteiger partial charge < -0.3 is 10.0 Å². The van der Waals surface area contributed by atoms with E-state index >= 15 is 0 Å². The van der Waals surface area contributed by atoms with Gasteiger partial charge in [-0.2, -0.15) is 0 Å². The van der Waals surface area contributed by atoms with E-state index in [9.17, 15) is 13.5 Å². The third-order valence-electron chi connectivity index (χ3n) is 3.77. The second-order valence-corrected chi connectivity index (χ2v) is 7.41. The number of hydrogen-bond acceptors (Lipinski definition) is 5. The van der Waals surface area contributed by atoms with Gasteiger partial charge >= 0.3 is 0 Å². The highest BCUT2D eigenvalue weighted by Gasteiger charge is 2.24. The molecule has 21 heavy (non-hydrogen) atoms. The van der Waals surface area contributed by atoms with E-state index in [1.807, 2.05) is 18.2 Å². The van der Waals surface area contributed by atoms with Crippen LogP contribution in [0.1, 0.15) is 31.6 Å². The molecule has 1 aromatic heterocycles. The van der Waals surface area contributed by atoms with Gasteiger partial charge in [0, 0.05) is 18.8 Å². The molecule has 0 aliphatic carbocycles. The summed E-state index contributed by atoms with van der Waals surface area (Å²) in [7, 11) is -3.13. The molecule has 0 amide bonds. The zero-order chi connectivity index (χ0) is 15.3. The smallest absolute Gasteiger partial charge is 0.211 e. The quantitative estimate of drug-likeness (QED) is 0.800. The number of nitrogens with zero attached hydrogens (tertiary/aromatic N) is 2. The van der Waals surface area contributed by atoms with E-state index in [2.05, 4.69) is 14.6 Å². The molecule has 6 nitrogen and oxygen atoms in total. The Bertz CT molecular complexity index is 528. The van der Waals surface area contributed by atoms with E-state index < -0.39 is 16.1 Å². The summed E-state index contributed by atoms with van der Waals surface area (Å²) in [5.41, 5.74) is 0.673. The van der Waals surface area contributed by atoms with Crippen molar-refractivity contribution >= 4 is 10.0 Å². The zero-order valence-corrected chi connectivity index (χ0v) is 13.1. The average Bonchev–Trinajstić information content (AvgIpc) is 2.50. The Labute approximate surface area is 126 Å². The second-order valence-electron chi connectivity index (χ2n) is 5.37. The molecular formula is C14H23N3O3S. The highest BCUT2D eigenvalue weighted by atomic mass is 32.2. The largest absolute Gasteiger partial charge is 0.385 e. The molecule has 1 atom stereocenters. The van der Waals surface area contributed by atoms with Crippen LogP contribution >= 0.6 is 0 Å². The normalized spacial score (nSPS) is 19.5. The van der Waals surface area contributed by atoms with E-state index in [1.54, 1.807) is 13.1 Å². The Morgan fingerprint density at radius 2 is 2.14 bits per heavy atom. The first-order chi connectivity index (χ1) is 10.00. The summed E-state index contributed by atoms with van der Waals surface area (Å²) in [6.07, 6.45) is 2.61. The molecule has 2 N–H and O–H groups in total. The summed E-state index contributed by atoms with van der Waals surface area (Å²) in [6, 6.07) is 5.50. The van der Waals surface area contributed by atoms with Crippen LogP contribution in [0.5, 0.6) is 0 Å². The van der Waals surface area contributed by atoms with Gasteiger partial charge in [-0.3, -0.25) is 4.98 Å². The molecule has 118 valence electrons. The van der Waals surface area contributed by atoms with Gasteiger partial charge in [-0.05, 0) is 45.0 Å². The van der Waals surface area contributed by atoms with Crippen LogP contribution in [-0.2, 0) is 10.0 Å². The lowest BCUT2D eigenvalue weighted by Gasteiger charge is -2.33. The lowest BCUT2D eigenvalue weighted by Crippen LogP contribution is -2.45. The molecule has 2 rings (SSSR count). The predicted octanol–water partition coefficient (Wildman–Crippen LogP) is 0.519. The number of aliphatic hydroxyl groups is 1. The number of nitrogens with one attached hydrogen (secondary N) is 1. The number of piperidine rings is 1. The van der Waals surface area contributed by atoms with Crippen LogP contribution in [-0.4, -0.2) is 54.8 Å². The topological polar surface area (TPSA) is 82.5 Å². The Morgan fingerprint density at radius 1 is 1.43 bits per heavy atom. The molecule has 7 heteroatoms. The van der Waals surface area contributed by atoms with Crippen LogP contribution < -0.4 is 4.72 Å². The summed E-state index contributed by atoms with van der Waals surface area (Å²) in [4.78, 5) is 6.30. The monoisotopic (exact) mass is 313 g/mol. The zero-order valence-electron chi connectivity index (χ0n) is 12.3. The Balaban J connectivity index is 1.79. The summed E-state index contributed by atoms with van der Waals surface area (Å²) in [5.74, 6) is 0.117. The van der Waals surface area contributed by atoms with Gasteiger partial charge in [-0.15, -0.1) is 0 Å². The third kappa shape index (κ3) is 5.03. The molecule has 0 aromatic carbocycles. The average molecular weight is 313 g/mol. The first kappa shape index (κ1) is 16.4. The van der Waals surface area contributed by atoms with Crippen molar-refractivity contribution in [1.82, 2.24) is 14.6 Å². The van der Waals surface area contributed by atoms with Gasteiger partial charge in [0.1, 0.15) is 6.10 Å². The van der Waals surface area contributed by atoms with Gasteiger partial charge in [-0.25, -0.2) is 13.1 Å². The Hall–Kier alpha value is -1.02. The van der Waals surface area contributed by atoms with E-state index in [-0.39, 0.29) is 11.8 Å². The summed E-state index contributed by atoms with van der Waals surface area (Å²) >= 11 is 0. The van der Waals surface area contributed by atoms with Gasteiger partial charge in [0.2, 0.25) is 10.0 Å². The molecule has 0 saturated carbocycles. The maximum atomic E-state index is 11.5. The van der Waals surface area contributed by atoms with Crippen LogP contribution in [0.3, 0.4) is 0 Å². The molecular weight excluding hydrogens is 290 g/mol. The van der Waals surface area contributed by atoms with Crippen LogP contribution in [0.25, 0.3) is 0 Å². The fraction of sp³-hybridized carbons (Fsp3) is 0.643. The molecule has 1 unspecified atom stereocenters. The fourth-order valence-corrected chi connectivity index (χ4v) is 3.39. The SMILES string of the molecule is CCS(=O)(=O)NC1CCN(CC(O)c2ccccn2)CC1. The third-order valence-corrected chi connectivity index (χ3v) is 5.23. The van der Waals surface area contributed by atoms with Crippen LogP contribution in [0.15, 0.2) is 24.4 Å². The lowest BCUT2D eigenvalue weighted by atomic mass is 10.1. The van der Waals surface area contributed by atoms with Crippen molar-refractivity contribution in [2.75, 3.05) is 25.4 Å². The van der Waals surface area contributed by atoms with Gasteiger partial charge in [-0.1, -0.05) is 6.07 Å². The summed E-state index contributed by atoms with van der Waals surface area (Å²) in [6.45, 7) is 3.73. The molecule has 2 heterocycles. The van der Waals surface area contributed by atoms with Crippen LogP contribution in [0.4, 0.5) is 0 Å². The van der Waals surface area contributed by atoms with E-state index in [1.165, 1.54) is 0 Å². The summed E-state index contributed by atoms with van der Waals surface area (Å²) in [5, 5.41) is 10.1. The number of aromatic nitrogens is 1. The van der Waals surface area contributed by atoms with Crippen molar-refractivity contribution in [3.63, 3.8) is 0 Å². The summed E-state index contributed by atoms with van der Waals surface area (Å²) < 4.78 is 25.8. The molecule has 1 saturated heterocycles. The van der Waals surface area contributed by atoms with Crippen molar-refractivity contribution in [3.05, 3.63) is 30.1 Å². The highest BCUT2D eigenvalue weighted by molar-refractivity contribution is 7.89. The number of likely N-dealkylation sites (tertiary alicyclic amines) is 1. The number of pyridine rings is 1. The number of aliphatic hydroxyl groups excluding tert-OH is 1. The highest BCUT2D eigenvalue weighted by Crippen LogP contribution is 2.16. The maximum absolute atomic E-state index is 11.5. The lowest BCUT2D eigenvalue weighted by molar-refractivity contribution is 0.0935. The van der Waals surface area contributed by atoms with Crippen molar-refractivity contribution in [2.45, 2.75) is 31.9 Å². The van der Waals surface area contributed by atoms with Crippen molar-refractivity contribution in [3.8, 4) is 0 Å². The Kier molecular flexibility index (Phi) is 5.69. The van der Waals surface area contributed by atoms with Gasteiger partial charge in [0.05, 0.1) is 11.4 Å². The van der Waals surface area contributed by atoms with Crippen LogP contribution in [0.2, 0.25) is 0 Å². The van der Waals surface area contributed by atoms with Crippen molar-refractivity contribution in [1.29, 1.82) is 0 Å². The minimum Gasteiger partial charge on any atom is -0.385 e. The van der Waals surface area contributed by atoms with Crippen molar-refractivity contribution in [2.24, 2.45) is 0 Å². The van der Waals surface area contributed by atoms with E-state index in [0.717, 1.165) is 25.9 Å². The molecule has 1 fully saturated rings. The molecule has 1 aliphatic rings. The van der Waals surface area contributed by atoms with Gasteiger partial charge in [0.15, 0.2) is 0 Å². The molecule has 0 spiro atoms. The number of hydrogen-bond donors (Lipinski definition) is 2. The van der Waals surface area contributed by atoms with Crippen molar-refractivity contribution < 1.29 is 13.5 Å². The van der Waals surface area contributed by atoms with Gasteiger partial charge in [0.25, 0.3) is 0 Å². The predicted molar refractivity (Wildman–Crippen MR) is 81.3 cm³/mol. The first-order valence-corrected chi connectivity index (χ1v) is 8.96.